The lowest BCUT2D eigenvalue weighted by atomic mass is 10.2. The van der Waals surface area contributed by atoms with Crippen molar-refractivity contribution in [3.8, 4) is 0 Å². The molecule has 2 atom stereocenters. The Morgan fingerprint density at radius 3 is 2.68 bits per heavy atom. The summed E-state index contributed by atoms with van der Waals surface area (Å²) in [5.74, 6) is -2.12. The van der Waals surface area contributed by atoms with Gasteiger partial charge in [0.15, 0.2) is 0 Å². The van der Waals surface area contributed by atoms with Crippen LogP contribution in [0.2, 0.25) is 0 Å². The lowest BCUT2D eigenvalue weighted by molar-refractivity contribution is -0.137. The van der Waals surface area contributed by atoms with Gasteiger partial charge in [0.2, 0.25) is 16.9 Å². The molecule has 1 rings (SSSR count). The van der Waals surface area contributed by atoms with Crippen LogP contribution in [0.4, 0.5) is 0 Å². The van der Waals surface area contributed by atoms with Gasteiger partial charge in [0.1, 0.15) is 12.6 Å². The molecule has 0 aliphatic heterocycles. The monoisotopic (exact) mass is 371 g/mol. The Morgan fingerprint density at radius 1 is 1.40 bits per heavy atom. The van der Waals surface area contributed by atoms with Crippen LogP contribution in [-0.4, -0.2) is 62.4 Å². The molecule has 2 amide bonds. The molecule has 0 spiro atoms. The number of imidazole rings is 1. The quantitative estimate of drug-likeness (QED) is 0.336. The molecule has 0 radical (unpaired) electrons. The fraction of sp³-hybridized carbons (Fsp3) is 0.500. The van der Waals surface area contributed by atoms with Gasteiger partial charge in [0.05, 0.1) is 11.6 Å². The van der Waals surface area contributed by atoms with Crippen molar-refractivity contribution < 1.29 is 24.3 Å². The number of aromatic amines is 1. The second-order valence-corrected chi connectivity index (χ2v) is 6.48. The molecule has 6 N–H and O–H groups in total. The van der Waals surface area contributed by atoms with Gasteiger partial charge in [-0.25, -0.2) is 4.98 Å². The molecular weight excluding hydrogens is 350 g/mol. The Hall–Kier alpha value is -2.40. The highest BCUT2D eigenvalue weighted by atomic mass is 32.2. The normalized spacial score (nSPS) is 12.9. The summed E-state index contributed by atoms with van der Waals surface area (Å²) in [7, 11) is 0. The zero-order valence-corrected chi connectivity index (χ0v) is 14.5. The Morgan fingerprint density at radius 2 is 2.12 bits per heavy atom. The number of carboxylic acid groups (broad SMARTS) is 1. The van der Waals surface area contributed by atoms with E-state index >= 15 is 0 Å². The molecule has 0 aliphatic rings. The van der Waals surface area contributed by atoms with Crippen LogP contribution in [0.1, 0.15) is 19.0 Å². The van der Waals surface area contributed by atoms with E-state index in [9.17, 15) is 19.2 Å². The summed E-state index contributed by atoms with van der Waals surface area (Å²) in [6.07, 6.45) is 3.24. The van der Waals surface area contributed by atoms with E-state index in [0.29, 0.717) is 5.69 Å². The Kier molecular flexibility index (Phi) is 8.64. The van der Waals surface area contributed by atoms with E-state index in [1.54, 1.807) is 0 Å². The highest BCUT2D eigenvalue weighted by molar-refractivity contribution is 8.14. The number of thioether (sulfide) groups is 1. The summed E-state index contributed by atoms with van der Waals surface area (Å²) >= 11 is 0.725. The molecule has 1 aromatic rings. The number of carbonyl (C=O) groups is 4. The molecule has 0 aromatic carbocycles. The number of aliphatic carboxylic acids is 1. The number of amides is 2. The molecule has 2 unspecified atom stereocenters. The van der Waals surface area contributed by atoms with Crippen molar-refractivity contribution in [3.63, 3.8) is 0 Å². The Labute approximate surface area is 148 Å². The Bertz CT molecular complexity index is 607. The SMILES string of the molecule is CC(SC(=O)C(Cc1cnc[nH]1)NC(=O)CCN)C(=O)NCC(=O)O. The number of nitrogens with one attached hydrogen (secondary N) is 3. The summed E-state index contributed by atoms with van der Waals surface area (Å²) in [6, 6.07) is -0.862. The van der Waals surface area contributed by atoms with E-state index in [1.807, 2.05) is 0 Å². The van der Waals surface area contributed by atoms with E-state index in [-0.39, 0.29) is 25.3 Å². The molecule has 0 aliphatic carbocycles. The molecule has 0 saturated heterocycles. The number of rotatable bonds is 10. The molecular formula is C14H21N5O5S. The van der Waals surface area contributed by atoms with Crippen LogP contribution < -0.4 is 16.4 Å². The largest absolute Gasteiger partial charge is 0.480 e. The third-order valence-electron chi connectivity index (χ3n) is 3.05. The zero-order chi connectivity index (χ0) is 18.8. The van der Waals surface area contributed by atoms with E-state index < -0.39 is 34.8 Å². The summed E-state index contributed by atoms with van der Waals surface area (Å²) in [5.41, 5.74) is 5.98. The van der Waals surface area contributed by atoms with Gasteiger partial charge in [-0.1, -0.05) is 11.8 Å². The van der Waals surface area contributed by atoms with Gasteiger partial charge in [-0.05, 0) is 6.92 Å². The first-order valence-corrected chi connectivity index (χ1v) is 8.38. The zero-order valence-electron chi connectivity index (χ0n) is 13.7. The van der Waals surface area contributed by atoms with Crippen LogP contribution in [0.5, 0.6) is 0 Å². The molecule has 1 heterocycles. The van der Waals surface area contributed by atoms with Crippen LogP contribution in [0.15, 0.2) is 12.5 Å². The van der Waals surface area contributed by atoms with Crippen molar-refractivity contribution in [2.45, 2.75) is 31.1 Å². The average Bonchev–Trinajstić information content (AvgIpc) is 3.05. The number of hydrogen-bond donors (Lipinski definition) is 5. The van der Waals surface area contributed by atoms with Gasteiger partial charge in [0, 0.05) is 31.3 Å². The van der Waals surface area contributed by atoms with E-state index in [0.717, 1.165) is 11.8 Å². The minimum Gasteiger partial charge on any atom is -0.480 e. The van der Waals surface area contributed by atoms with Crippen LogP contribution >= 0.6 is 11.8 Å². The first kappa shape index (κ1) is 20.6. The fourth-order valence-corrected chi connectivity index (χ4v) is 2.67. The molecule has 0 bridgehead atoms. The smallest absolute Gasteiger partial charge is 0.322 e. The van der Waals surface area contributed by atoms with Gasteiger partial charge in [-0.3, -0.25) is 19.2 Å². The van der Waals surface area contributed by atoms with Crippen LogP contribution in [-0.2, 0) is 25.6 Å². The fourth-order valence-electron chi connectivity index (χ4n) is 1.82. The number of nitrogens with two attached hydrogens (primary N) is 1. The number of carbonyl (C=O) groups excluding carboxylic acids is 3. The summed E-state index contributed by atoms with van der Waals surface area (Å²) in [4.78, 5) is 53.1. The van der Waals surface area contributed by atoms with E-state index in [4.69, 9.17) is 10.8 Å². The van der Waals surface area contributed by atoms with E-state index in [2.05, 4.69) is 20.6 Å². The highest BCUT2D eigenvalue weighted by Crippen LogP contribution is 2.16. The highest BCUT2D eigenvalue weighted by Gasteiger charge is 2.26. The first-order chi connectivity index (χ1) is 11.8. The number of hydrogen-bond acceptors (Lipinski definition) is 7. The summed E-state index contributed by atoms with van der Waals surface area (Å²) < 4.78 is 0. The topological polar surface area (TPSA) is 167 Å². The summed E-state index contributed by atoms with van der Waals surface area (Å²) in [6.45, 7) is 1.11. The molecule has 138 valence electrons. The van der Waals surface area contributed by atoms with Crippen molar-refractivity contribution >= 4 is 34.7 Å². The van der Waals surface area contributed by atoms with E-state index in [1.165, 1.54) is 19.4 Å². The lowest BCUT2D eigenvalue weighted by Gasteiger charge is -2.18. The minimum absolute atomic E-state index is 0.0755. The predicted octanol–water partition coefficient (Wildman–Crippen LogP) is -1.37. The van der Waals surface area contributed by atoms with Crippen LogP contribution in [0, 0.1) is 0 Å². The Balaban J connectivity index is 2.68. The summed E-state index contributed by atoms with van der Waals surface area (Å²) in [5, 5.41) is 12.1. The van der Waals surface area contributed by atoms with Crippen molar-refractivity contribution in [2.75, 3.05) is 13.1 Å². The molecule has 10 nitrogen and oxygen atoms in total. The number of carboxylic acids is 1. The van der Waals surface area contributed by atoms with Crippen LogP contribution in [0.3, 0.4) is 0 Å². The van der Waals surface area contributed by atoms with Gasteiger partial charge < -0.3 is 26.5 Å². The second kappa shape index (κ2) is 10.5. The second-order valence-electron chi connectivity index (χ2n) is 5.13. The van der Waals surface area contributed by atoms with Gasteiger partial charge in [-0.15, -0.1) is 0 Å². The van der Waals surface area contributed by atoms with Crippen molar-refractivity contribution in [1.29, 1.82) is 0 Å². The van der Waals surface area contributed by atoms with Gasteiger partial charge >= 0.3 is 5.97 Å². The molecule has 1 aromatic heterocycles. The molecule has 0 fully saturated rings. The van der Waals surface area contributed by atoms with Gasteiger partial charge in [-0.2, -0.15) is 0 Å². The maximum atomic E-state index is 12.4. The number of H-pyrrole nitrogens is 1. The minimum atomic E-state index is -1.18. The third-order valence-corrected chi connectivity index (χ3v) is 4.13. The standard InChI is InChI=1S/C14H21N5O5S/c1-8(13(23)17-6-12(21)22)25-14(24)10(19-11(20)2-3-15)4-9-5-16-7-18-9/h5,7-8,10H,2-4,6,15H2,1H3,(H,16,18)(H,17,23)(H,19,20)(H,21,22). The lowest BCUT2D eigenvalue weighted by Crippen LogP contribution is -2.43. The predicted molar refractivity (Wildman–Crippen MR) is 90.6 cm³/mol. The van der Waals surface area contributed by atoms with Crippen molar-refractivity contribution in [2.24, 2.45) is 5.73 Å². The molecule has 0 saturated carbocycles. The maximum absolute atomic E-state index is 12.4. The number of nitrogens with zero attached hydrogens (tertiary/aromatic N) is 1. The first-order valence-electron chi connectivity index (χ1n) is 7.50. The van der Waals surface area contributed by atoms with Crippen LogP contribution in [0.25, 0.3) is 0 Å². The maximum Gasteiger partial charge on any atom is 0.322 e. The van der Waals surface area contributed by atoms with Crippen molar-refractivity contribution in [1.82, 2.24) is 20.6 Å². The number of aromatic nitrogens is 2. The van der Waals surface area contributed by atoms with Gasteiger partial charge in [0.25, 0.3) is 0 Å². The van der Waals surface area contributed by atoms with Crippen molar-refractivity contribution in [3.05, 3.63) is 18.2 Å². The molecule has 25 heavy (non-hydrogen) atoms. The molecule has 11 heteroatoms. The average molecular weight is 371 g/mol. The third kappa shape index (κ3) is 7.81.